The van der Waals surface area contributed by atoms with Crippen LogP contribution in [0.5, 0.6) is 17.2 Å². The third kappa shape index (κ3) is 5.63. The number of hydrogen-bond acceptors (Lipinski definition) is 5. The Bertz CT molecular complexity index is 1510. The summed E-state index contributed by atoms with van der Waals surface area (Å²) in [6, 6.07) is 13.6. The van der Waals surface area contributed by atoms with Crippen LogP contribution >= 0.6 is 0 Å². The molecule has 9 heteroatoms. The lowest BCUT2D eigenvalue weighted by atomic mass is 10.1. The topological polar surface area (TPSA) is 65.7 Å². The zero-order valence-corrected chi connectivity index (χ0v) is 19.0. The van der Waals surface area contributed by atoms with Gasteiger partial charge in [-0.05, 0) is 73.0 Å². The van der Waals surface area contributed by atoms with Crippen LogP contribution in [0.1, 0.15) is 22.5 Å². The summed E-state index contributed by atoms with van der Waals surface area (Å²) in [7, 11) is 0. The fourth-order valence-electron chi connectivity index (χ4n) is 3.50. The van der Waals surface area contributed by atoms with E-state index in [9.17, 15) is 27.2 Å². The van der Waals surface area contributed by atoms with Gasteiger partial charge in [0.25, 0.3) is 5.76 Å². The van der Waals surface area contributed by atoms with Gasteiger partial charge in [-0.25, -0.2) is 9.18 Å². The maximum atomic E-state index is 13.8. The molecule has 36 heavy (non-hydrogen) atoms. The summed E-state index contributed by atoms with van der Waals surface area (Å²) in [5.74, 6) is -3.97. The molecule has 4 rings (SSSR count). The van der Waals surface area contributed by atoms with Crippen molar-refractivity contribution in [3.05, 3.63) is 105 Å². The molecule has 0 aliphatic rings. The van der Waals surface area contributed by atoms with Gasteiger partial charge in [-0.1, -0.05) is 18.2 Å². The summed E-state index contributed by atoms with van der Waals surface area (Å²) in [5, 5.41) is -0.191. The SMILES string of the molecule is Cc1cc(C)cc(Oc2c(C(F)(F)F)oc3cc(OC(=O)C=Cc4ccc(F)cc4)ccc3c2=O)c1. The second-order valence-electron chi connectivity index (χ2n) is 7.98. The minimum atomic E-state index is -5.04. The largest absolute Gasteiger partial charge is 0.453 e. The third-order valence-electron chi connectivity index (χ3n) is 5.00. The van der Waals surface area contributed by atoms with Crippen molar-refractivity contribution in [3.8, 4) is 17.2 Å². The number of carbonyl (C=O) groups is 1. The Morgan fingerprint density at radius 3 is 2.22 bits per heavy atom. The lowest BCUT2D eigenvalue weighted by Crippen LogP contribution is -2.15. The molecule has 0 bridgehead atoms. The Morgan fingerprint density at radius 2 is 1.58 bits per heavy atom. The molecule has 5 nitrogen and oxygen atoms in total. The highest BCUT2D eigenvalue weighted by Gasteiger charge is 2.40. The van der Waals surface area contributed by atoms with Crippen LogP contribution in [0.4, 0.5) is 17.6 Å². The summed E-state index contributed by atoms with van der Waals surface area (Å²) in [5.41, 5.74) is 0.543. The van der Waals surface area contributed by atoms with Crippen molar-refractivity contribution in [1.29, 1.82) is 0 Å². The number of benzene rings is 3. The molecule has 1 aromatic heterocycles. The molecule has 0 N–H and O–H groups in total. The van der Waals surface area contributed by atoms with Gasteiger partial charge in [0.15, 0.2) is 0 Å². The summed E-state index contributed by atoms with van der Waals surface area (Å²) >= 11 is 0. The van der Waals surface area contributed by atoms with E-state index < -0.39 is 40.5 Å². The van der Waals surface area contributed by atoms with E-state index >= 15 is 0 Å². The first kappa shape index (κ1) is 24.7. The number of alkyl halides is 3. The standard InChI is InChI=1S/C27H18F4O5/c1-15-11-16(2)13-20(12-15)35-25-24(33)21-9-8-19(14-22(21)36-26(25)27(29,30)31)34-23(32)10-5-17-3-6-18(28)7-4-17/h3-14H,1-2H3. The molecule has 184 valence electrons. The van der Waals surface area contributed by atoms with Crippen molar-refractivity contribution in [2.24, 2.45) is 0 Å². The van der Waals surface area contributed by atoms with E-state index in [0.29, 0.717) is 5.56 Å². The molecule has 0 unspecified atom stereocenters. The van der Waals surface area contributed by atoms with Crippen LogP contribution in [-0.2, 0) is 11.0 Å². The Hall–Kier alpha value is -4.40. The van der Waals surface area contributed by atoms with E-state index in [-0.39, 0.29) is 16.9 Å². The van der Waals surface area contributed by atoms with Crippen molar-refractivity contribution in [1.82, 2.24) is 0 Å². The lowest BCUT2D eigenvalue weighted by molar-refractivity contribution is -0.154. The Balaban J connectivity index is 1.67. The van der Waals surface area contributed by atoms with Crippen molar-refractivity contribution in [2.45, 2.75) is 20.0 Å². The van der Waals surface area contributed by atoms with Crippen LogP contribution in [0, 0.1) is 19.7 Å². The number of fused-ring (bicyclic) bond motifs is 1. The van der Waals surface area contributed by atoms with Crippen LogP contribution < -0.4 is 14.9 Å². The van der Waals surface area contributed by atoms with E-state index in [2.05, 4.69) is 0 Å². The normalized spacial score (nSPS) is 11.7. The van der Waals surface area contributed by atoms with Crippen LogP contribution in [0.15, 0.2) is 76.0 Å². The number of esters is 1. The van der Waals surface area contributed by atoms with Gasteiger partial charge in [0.2, 0.25) is 11.2 Å². The summed E-state index contributed by atoms with van der Waals surface area (Å²) < 4.78 is 69.8. The van der Waals surface area contributed by atoms with Crippen molar-refractivity contribution < 1.29 is 36.2 Å². The minimum Gasteiger partial charge on any atom is -0.449 e. The number of carbonyl (C=O) groups excluding carboxylic acids is 1. The number of halogens is 4. The molecule has 0 spiro atoms. The van der Waals surface area contributed by atoms with Crippen LogP contribution in [-0.4, -0.2) is 5.97 Å². The maximum Gasteiger partial charge on any atom is 0.453 e. The van der Waals surface area contributed by atoms with Crippen molar-refractivity contribution in [3.63, 3.8) is 0 Å². The van der Waals surface area contributed by atoms with E-state index in [1.807, 2.05) is 0 Å². The van der Waals surface area contributed by atoms with Gasteiger partial charge in [-0.15, -0.1) is 0 Å². The zero-order valence-electron chi connectivity index (χ0n) is 19.0. The zero-order chi connectivity index (χ0) is 26.0. The number of aryl methyl sites for hydroxylation is 2. The summed E-state index contributed by atoms with van der Waals surface area (Å²) in [6.07, 6.45) is -2.59. The van der Waals surface area contributed by atoms with E-state index in [4.69, 9.17) is 13.9 Å². The van der Waals surface area contributed by atoms with Crippen LogP contribution in [0.25, 0.3) is 17.0 Å². The molecule has 0 fully saturated rings. The van der Waals surface area contributed by atoms with Crippen LogP contribution in [0.3, 0.4) is 0 Å². The third-order valence-corrected chi connectivity index (χ3v) is 5.00. The highest BCUT2D eigenvalue weighted by atomic mass is 19.4. The number of rotatable bonds is 5. The summed E-state index contributed by atoms with van der Waals surface area (Å²) in [6.45, 7) is 3.48. The highest BCUT2D eigenvalue weighted by Crippen LogP contribution is 2.39. The maximum absolute atomic E-state index is 13.8. The molecule has 0 saturated carbocycles. The average Bonchev–Trinajstić information content (AvgIpc) is 2.79. The second kappa shape index (κ2) is 9.69. The van der Waals surface area contributed by atoms with Gasteiger partial charge < -0.3 is 13.9 Å². The van der Waals surface area contributed by atoms with Crippen molar-refractivity contribution in [2.75, 3.05) is 0 Å². The Kier molecular flexibility index (Phi) is 6.65. The molecule has 3 aromatic carbocycles. The first-order valence-corrected chi connectivity index (χ1v) is 10.6. The molecular formula is C27H18F4O5. The van der Waals surface area contributed by atoms with Gasteiger partial charge in [0, 0.05) is 12.1 Å². The smallest absolute Gasteiger partial charge is 0.449 e. The molecular weight excluding hydrogens is 480 g/mol. The molecule has 0 amide bonds. The molecule has 0 radical (unpaired) electrons. The van der Waals surface area contributed by atoms with E-state index in [0.717, 1.165) is 23.3 Å². The fraction of sp³-hybridized carbons (Fsp3) is 0.111. The fourth-order valence-corrected chi connectivity index (χ4v) is 3.50. The van der Waals surface area contributed by atoms with Gasteiger partial charge in [0.1, 0.15) is 22.9 Å². The first-order chi connectivity index (χ1) is 17.0. The lowest BCUT2D eigenvalue weighted by Gasteiger charge is -2.14. The van der Waals surface area contributed by atoms with E-state index in [1.165, 1.54) is 54.6 Å². The number of ether oxygens (including phenoxy) is 2. The van der Waals surface area contributed by atoms with E-state index in [1.54, 1.807) is 19.9 Å². The van der Waals surface area contributed by atoms with Gasteiger partial charge in [-0.2, -0.15) is 13.2 Å². The quantitative estimate of drug-likeness (QED) is 0.129. The molecule has 0 atom stereocenters. The predicted molar refractivity (Wildman–Crippen MR) is 125 cm³/mol. The molecule has 0 aliphatic heterocycles. The minimum absolute atomic E-state index is 0.0585. The van der Waals surface area contributed by atoms with Gasteiger partial charge in [-0.3, -0.25) is 4.79 Å². The molecule has 1 heterocycles. The number of hydrogen-bond donors (Lipinski definition) is 0. The average molecular weight is 498 g/mol. The summed E-state index contributed by atoms with van der Waals surface area (Å²) in [4.78, 5) is 25.1. The predicted octanol–water partition coefficient (Wildman–Crippen LogP) is 6.98. The second-order valence-corrected chi connectivity index (χ2v) is 7.98. The highest BCUT2D eigenvalue weighted by molar-refractivity contribution is 5.89. The first-order valence-electron chi connectivity index (χ1n) is 10.6. The van der Waals surface area contributed by atoms with Crippen LogP contribution in [0.2, 0.25) is 0 Å². The monoisotopic (exact) mass is 498 g/mol. The molecule has 4 aromatic rings. The molecule has 0 aliphatic carbocycles. The van der Waals surface area contributed by atoms with Crippen molar-refractivity contribution >= 4 is 23.0 Å². The van der Waals surface area contributed by atoms with Gasteiger partial charge >= 0.3 is 12.1 Å². The Labute approximate surface area is 202 Å². The molecule has 0 saturated heterocycles. The Morgan fingerprint density at radius 1 is 0.917 bits per heavy atom. The van der Waals surface area contributed by atoms with Gasteiger partial charge in [0.05, 0.1) is 5.39 Å².